The van der Waals surface area contributed by atoms with Gasteiger partial charge in [-0.3, -0.25) is 0 Å². The summed E-state index contributed by atoms with van der Waals surface area (Å²) in [4.78, 5) is 0. The zero-order chi connectivity index (χ0) is 10.1. The van der Waals surface area contributed by atoms with Crippen LogP contribution in [-0.4, -0.2) is 5.31 Å². The summed E-state index contributed by atoms with van der Waals surface area (Å²) in [5, 5.41) is 0.00738. The van der Waals surface area contributed by atoms with Gasteiger partial charge in [-0.2, -0.15) is 0 Å². The molecule has 3 heteroatoms. The molecule has 13 heavy (non-hydrogen) atoms. The third-order valence-electron chi connectivity index (χ3n) is 2.08. The summed E-state index contributed by atoms with van der Waals surface area (Å²) in [6, 6.07) is 10.6. The lowest BCUT2D eigenvalue weighted by Gasteiger charge is -2.32. The maximum absolute atomic E-state index is 3.87. The van der Waals surface area contributed by atoms with Crippen molar-refractivity contribution in [2.75, 3.05) is 0 Å². The third kappa shape index (κ3) is 2.45. The SMILES string of the molecule is CC(C)(C)[Si](Br)(Br)c1ccccc1. The van der Waals surface area contributed by atoms with Crippen LogP contribution in [0.2, 0.25) is 5.04 Å². The predicted octanol–water partition coefficient (Wildman–Crippen LogP) is 3.93. The summed E-state index contributed by atoms with van der Waals surface area (Å²) in [6.45, 7) is 6.78. The smallest absolute Gasteiger partial charge is 0.104 e. The molecule has 0 aliphatic carbocycles. The highest BCUT2D eigenvalue weighted by molar-refractivity contribution is 9.51. The zero-order valence-corrected chi connectivity index (χ0v) is 12.3. The van der Waals surface area contributed by atoms with Crippen LogP contribution in [0.5, 0.6) is 0 Å². The standard InChI is InChI=1S/C10H14Br2Si/c1-10(2,3)13(11,12)9-7-5-4-6-8-9/h4-8H,1-3H3. The van der Waals surface area contributed by atoms with Crippen LogP contribution < -0.4 is 5.19 Å². The Balaban J connectivity index is 3.08. The average molecular weight is 322 g/mol. The quantitative estimate of drug-likeness (QED) is 0.543. The van der Waals surface area contributed by atoms with Crippen LogP contribution in [0.1, 0.15) is 20.8 Å². The van der Waals surface area contributed by atoms with Gasteiger partial charge in [0.2, 0.25) is 5.31 Å². The second kappa shape index (κ2) is 3.87. The maximum Gasteiger partial charge on any atom is 0.235 e. The van der Waals surface area contributed by atoms with Crippen molar-refractivity contribution in [1.82, 2.24) is 0 Å². The summed E-state index contributed by atoms with van der Waals surface area (Å²) >= 11 is 7.73. The van der Waals surface area contributed by atoms with E-state index in [9.17, 15) is 0 Å². The topological polar surface area (TPSA) is 0 Å². The van der Waals surface area contributed by atoms with Gasteiger partial charge in [-0.25, -0.2) is 0 Å². The Labute approximate surface area is 96.9 Å². The molecule has 1 aromatic rings. The first kappa shape index (κ1) is 11.5. The number of benzene rings is 1. The predicted molar refractivity (Wildman–Crippen MR) is 69.4 cm³/mol. The van der Waals surface area contributed by atoms with Crippen molar-refractivity contribution in [3.63, 3.8) is 0 Å². The fourth-order valence-corrected chi connectivity index (χ4v) is 4.14. The molecule has 0 bridgehead atoms. The molecule has 0 N–H and O–H groups in total. The van der Waals surface area contributed by atoms with E-state index in [4.69, 9.17) is 0 Å². The minimum Gasteiger partial charge on any atom is -0.104 e. The normalized spacial score (nSPS) is 13.0. The fraction of sp³-hybridized carbons (Fsp3) is 0.400. The molecular weight excluding hydrogens is 308 g/mol. The summed E-state index contributed by atoms with van der Waals surface area (Å²) in [5.41, 5.74) is 0. The van der Waals surface area contributed by atoms with Crippen LogP contribution in [0.4, 0.5) is 0 Å². The molecule has 0 fully saturated rings. The summed E-state index contributed by atoms with van der Waals surface area (Å²) in [7, 11) is 0. The van der Waals surface area contributed by atoms with Gasteiger partial charge < -0.3 is 0 Å². The first-order chi connectivity index (χ1) is 5.86. The van der Waals surface area contributed by atoms with E-state index in [0.29, 0.717) is 0 Å². The Kier molecular flexibility index (Phi) is 3.42. The molecule has 0 saturated carbocycles. The number of halogens is 2. The first-order valence-electron chi connectivity index (χ1n) is 4.29. The van der Waals surface area contributed by atoms with E-state index >= 15 is 0 Å². The van der Waals surface area contributed by atoms with Crippen LogP contribution >= 0.6 is 30.6 Å². The average Bonchev–Trinajstić information content (AvgIpc) is 2.04. The Bertz CT molecular complexity index is 275. The van der Waals surface area contributed by atoms with Gasteiger partial charge >= 0.3 is 0 Å². The molecular formula is C10H14Br2Si. The lowest BCUT2D eigenvalue weighted by atomic mass is 10.2. The number of rotatable bonds is 1. The molecule has 0 aromatic heterocycles. The number of hydrogen-bond acceptors (Lipinski definition) is 0. The molecule has 0 spiro atoms. The van der Waals surface area contributed by atoms with Crippen molar-refractivity contribution in [3.8, 4) is 0 Å². The van der Waals surface area contributed by atoms with Crippen molar-refractivity contribution in [1.29, 1.82) is 0 Å². The molecule has 0 saturated heterocycles. The highest BCUT2D eigenvalue weighted by Crippen LogP contribution is 2.44. The number of hydrogen-bond donors (Lipinski definition) is 0. The van der Waals surface area contributed by atoms with E-state index < -0.39 is 5.31 Å². The Morgan fingerprint density at radius 3 is 1.85 bits per heavy atom. The first-order valence-corrected chi connectivity index (χ1v) is 10.8. The van der Waals surface area contributed by atoms with Crippen LogP contribution in [0.3, 0.4) is 0 Å². The molecule has 0 heterocycles. The van der Waals surface area contributed by atoms with Gasteiger partial charge in [0.15, 0.2) is 0 Å². The second-order valence-electron chi connectivity index (χ2n) is 4.19. The van der Waals surface area contributed by atoms with E-state index in [1.54, 1.807) is 0 Å². The molecule has 1 rings (SSSR count). The minimum atomic E-state index is -1.66. The monoisotopic (exact) mass is 320 g/mol. The summed E-state index contributed by atoms with van der Waals surface area (Å²) in [6.07, 6.45) is 0. The van der Waals surface area contributed by atoms with Gasteiger partial charge in [0.1, 0.15) is 0 Å². The van der Waals surface area contributed by atoms with Gasteiger partial charge in [-0.1, -0.05) is 51.1 Å². The van der Waals surface area contributed by atoms with Crippen molar-refractivity contribution in [2.24, 2.45) is 0 Å². The zero-order valence-electron chi connectivity index (χ0n) is 8.14. The van der Waals surface area contributed by atoms with Crippen molar-refractivity contribution >= 4 is 41.1 Å². The molecule has 0 aliphatic heterocycles. The minimum absolute atomic E-state index is 0.272. The van der Waals surface area contributed by atoms with E-state index in [1.165, 1.54) is 5.19 Å². The van der Waals surface area contributed by atoms with Gasteiger partial charge in [0.25, 0.3) is 0 Å². The Morgan fingerprint density at radius 1 is 1.00 bits per heavy atom. The van der Waals surface area contributed by atoms with E-state index in [2.05, 4.69) is 81.7 Å². The van der Waals surface area contributed by atoms with Gasteiger partial charge in [0, 0.05) is 0 Å². The lowest BCUT2D eigenvalue weighted by molar-refractivity contribution is 0.753. The molecule has 0 radical (unpaired) electrons. The van der Waals surface area contributed by atoms with E-state index in [0.717, 1.165) is 0 Å². The lowest BCUT2D eigenvalue weighted by Crippen LogP contribution is -2.43. The molecule has 0 amide bonds. The largest absolute Gasteiger partial charge is 0.235 e. The molecule has 0 aliphatic rings. The molecule has 1 aromatic carbocycles. The van der Waals surface area contributed by atoms with Gasteiger partial charge in [-0.05, 0) is 10.2 Å². The van der Waals surface area contributed by atoms with Crippen LogP contribution in [0.15, 0.2) is 30.3 Å². The highest BCUT2D eigenvalue weighted by atomic mass is 79.9. The molecule has 0 unspecified atom stereocenters. The van der Waals surface area contributed by atoms with Crippen molar-refractivity contribution in [2.45, 2.75) is 25.8 Å². The maximum atomic E-state index is 3.87. The van der Waals surface area contributed by atoms with Gasteiger partial charge in [0.05, 0.1) is 0 Å². The Morgan fingerprint density at radius 2 is 1.46 bits per heavy atom. The van der Waals surface area contributed by atoms with Crippen molar-refractivity contribution < 1.29 is 0 Å². The highest BCUT2D eigenvalue weighted by Gasteiger charge is 2.41. The van der Waals surface area contributed by atoms with E-state index in [-0.39, 0.29) is 5.04 Å². The third-order valence-corrected chi connectivity index (χ3v) is 14.9. The summed E-state index contributed by atoms with van der Waals surface area (Å²) < 4.78 is 0. The fourth-order valence-electron chi connectivity index (χ4n) is 1.08. The summed E-state index contributed by atoms with van der Waals surface area (Å²) in [5.74, 6) is 0. The molecule has 72 valence electrons. The second-order valence-corrected chi connectivity index (χ2v) is 17.7. The van der Waals surface area contributed by atoms with Crippen LogP contribution in [0.25, 0.3) is 0 Å². The Hall–Kier alpha value is 0.397. The van der Waals surface area contributed by atoms with Gasteiger partial charge in [-0.15, -0.1) is 30.6 Å². The van der Waals surface area contributed by atoms with Crippen molar-refractivity contribution in [3.05, 3.63) is 30.3 Å². The molecule has 0 nitrogen and oxygen atoms in total. The van der Waals surface area contributed by atoms with Crippen LogP contribution in [-0.2, 0) is 0 Å². The van der Waals surface area contributed by atoms with E-state index in [1.807, 2.05) is 0 Å². The molecule has 0 atom stereocenters. The van der Waals surface area contributed by atoms with Crippen LogP contribution in [0, 0.1) is 0 Å².